The molecule has 0 aromatic heterocycles. The summed E-state index contributed by atoms with van der Waals surface area (Å²) in [5.41, 5.74) is -0.0547. The van der Waals surface area contributed by atoms with Gasteiger partial charge in [-0.05, 0) is 6.07 Å². The van der Waals surface area contributed by atoms with Gasteiger partial charge < -0.3 is 9.84 Å². The van der Waals surface area contributed by atoms with Crippen molar-refractivity contribution in [1.82, 2.24) is 0 Å². The summed E-state index contributed by atoms with van der Waals surface area (Å²) in [6.07, 6.45) is 0. The first kappa shape index (κ1) is 8.48. The van der Waals surface area contributed by atoms with E-state index in [1.165, 1.54) is 24.3 Å². The molecule has 0 radical (unpaired) electrons. The fourth-order valence-corrected chi connectivity index (χ4v) is 0.761. The largest absolute Gasteiger partial charge is 0.468 e. The summed E-state index contributed by atoms with van der Waals surface area (Å²) < 4.78 is 4.65. The summed E-state index contributed by atoms with van der Waals surface area (Å²) in [6, 6.07) is 5.62. The fraction of sp³-hybridized carbons (Fsp3) is 0.143. The Hall–Kier alpha value is -1.62. The molecule has 0 aliphatic rings. The zero-order chi connectivity index (χ0) is 8.97. The van der Waals surface area contributed by atoms with Crippen molar-refractivity contribution in [2.45, 2.75) is 0 Å². The van der Waals surface area contributed by atoms with Crippen LogP contribution in [0.3, 0.4) is 0 Å². The Bertz CT molecular complexity index is 286. The van der Waals surface area contributed by atoms with Crippen LogP contribution in [0.1, 0.15) is 0 Å². The minimum Gasteiger partial charge on any atom is -0.468 e. The van der Waals surface area contributed by atoms with E-state index in [-0.39, 0.29) is 11.4 Å². The summed E-state index contributed by atoms with van der Waals surface area (Å²) in [5, 5.41) is 18.6. The summed E-state index contributed by atoms with van der Waals surface area (Å²) in [5.74, 6) is 0.284. The van der Waals surface area contributed by atoms with Crippen molar-refractivity contribution < 1.29 is 14.8 Å². The SMILES string of the molecule is O=[N+]([O-])c1cccc(OCO)c1. The molecule has 0 unspecified atom stereocenters. The first-order valence-electron chi connectivity index (χ1n) is 3.22. The molecule has 0 amide bonds. The number of aliphatic hydroxyl groups is 1. The van der Waals surface area contributed by atoms with Gasteiger partial charge in [0, 0.05) is 6.07 Å². The molecule has 64 valence electrons. The highest BCUT2D eigenvalue weighted by Crippen LogP contribution is 2.18. The maximum atomic E-state index is 10.2. The minimum absolute atomic E-state index is 0.0547. The second kappa shape index (κ2) is 3.68. The molecular weight excluding hydrogens is 162 g/mol. The van der Waals surface area contributed by atoms with E-state index < -0.39 is 11.7 Å². The zero-order valence-electron chi connectivity index (χ0n) is 6.14. The molecule has 1 N–H and O–H groups in total. The molecule has 1 rings (SSSR count). The predicted octanol–water partition coefficient (Wildman–Crippen LogP) is 0.923. The molecule has 1 aromatic rings. The number of ether oxygens (including phenoxy) is 1. The second-order valence-corrected chi connectivity index (χ2v) is 2.03. The highest BCUT2D eigenvalue weighted by Gasteiger charge is 2.05. The lowest BCUT2D eigenvalue weighted by Crippen LogP contribution is -1.95. The van der Waals surface area contributed by atoms with Gasteiger partial charge in [0.1, 0.15) is 5.75 Å². The summed E-state index contributed by atoms with van der Waals surface area (Å²) >= 11 is 0. The van der Waals surface area contributed by atoms with Crippen LogP contribution < -0.4 is 4.74 Å². The van der Waals surface area contributed by atoms with E-state index in [0.29, 0.717) is 0 Å². The van der Waals surface area contributed by atoms with Crippen LogP contribution in [0.25, 0.3) is 0 Å². The molecule has 0 fully saturated rings. The third-order valence-electron chi connectivity index (χ3n) is 1.26. The van der Waals surface area contributed by atoms with Gasteiger partial charge in [0.25, 0.3) is 5.69 Å². The maximum absolute atomic E-state index is 10.2. The van der Waals surface area contributed by atoms with E-state index >= 15 is 0 Å². The Kier molecular flexibility index (Phi) is 2.60. The standard InChI is InChI=1S/C7H7NO4/c9-5-12-7-3-1-2-6(4-7)8(10)11/h1-4,9H,5H2. The number of nitro groups is 1. The number of aliphatic hydroxyl groups excluding tert-OH is 1. The fourth-order valence-electron chi connectivity index (χ4n) is 0.761. The van der Waals surface area contributed by atoms with Gasteiger partial charge in [0.05, 0.1) is 11.0 Å². The Morgan fingerprint density at radius 2 is 2.33 bits per heavy atom. The first-order valence-corrected chi connectivity index (χ1v) is 3.22. The van der Waals surface area contributed by atoms with Crippen molar-refractivity contribution in [3.05, 3.63) is 34.4 Å². The van der Waals surface area contributed by atoms with Crippen LogP contribution >= 0.6 is 0 Å². The van der Waals surface area contributed by atoms with Crippen molar-refractivity contribution in [3.63, 3.8) is 0 Å². The van der Waals surface area contributed by atoms with Crippen molar-refractivity contribution >= 4 is 5.69 Å². The highest BCUT2D eigenvalue weighted by atomic mass is 16.6. The Labute approximate surface area is 68.4 Å². The maximum Gasteiger partial charge on any atom is 0.273 e. The average molecular weight is 169 g/mol. The molecule has 0 bridgehead atoms. The van der Waals surface area contributed by atoms with E-state index in [2.05, 4.69) is 4.74 Å². The molecule has 0 saturated heterocycles. The summed E-state index contributed by atoms with van der Waals surface area (Å²) in [7, 11) is 0. The van der Waals surface area contributed by atoms with Gasteiger partial charge in [-0.25, -0.2) is 0 Å². The number of non-ortho nitro benzene ring substituents is 1. The molecule has 5 heteroatoms. The molecule has 0 heterocycles. The molecule has 0 atom stereocenters. The van der Waals surface area contributed by atoms with Gasteiger partial charge in [-0.1, -0.05) is 6.07 Å². The third-order valence-corrected chi connectivity index (χ3v) is 1.26. The van der Waals surface area contributed by atoms with Crippen LogP contribution in [0.2, 0.25) is 0 Å². The van der Waals surface area contributed by atoms with Crippen LogP contribution in [0.4, 0.5) is 5.69 Å². The molecule has 0 aliphatic carbocycles. The highest BCUT2D eigenvalue weighted by molar-refractivity contribution is 5.37. The topological polar surface area (TPSA) is 72.6 Å². The normalized spacial score (nSPS) is 9.42. The molecule has 0 aliphatic heterocycles. The molecule has 0 saturated carbocycles. The van der Waals surface area contributed by atoms with Crippen LogP contribution in [-0.2, 0) is 0 Å². The number of benzene rings is 1. The monoisotopic (exact) mass is 169 g/mol. The third kappa shape index (κ3) is 1.93. The van der Waals surface area contributed by atoms with E-state index in [0.717, 1.165) is 0 Å². The molecular formula is C7H7NO4. The van der Waals surface area contributed by atoms with Crippen LogP contribution in [0.15, 0.2) is 24.3 Å². The zero-order valence-corrected chi connectivity index (χ0v) is 6.14. The van der Waals surface area contributed by atoms with Crippen molar-refractivity contribution in [3.8, 4) is 5.75 Å². The van der Waals surface area contributed by atoms with E-state index in [1.54, 1.807) is 0 Å². The predicted molar refractivity (Wildman–Crippen MR) is 40.8 cm³/mol. The lowest BCUT2D eigenvalue weighted by molar-refractivity contribution is -0.384. The quantitative estimate of drug-likeness (QED) is 0.415. The van der Waals surface area contributed by atoms with Gasteiger partial charge >= 0.3 is 0 Å². The Morgan fingerprint density at radius 1 is 1.58 bits per heavy atom. The molecule has 5 nitrogen and oxygen atoms in total. The van der Waals surface area contributed by atoms with Gasteiger partial charge in [-0.15, -0.1) is 0 Å². The lowest BCUT2D eigenvalue weighted by Gasteiger charge is -1.99. The van der Waals surface area contributed by atoms with Gasteiger partial charge in [0.2, 0.25) is 0 Å². The molecule has 1 aromatic carbocycles. The summed E-state index contributed by atoms with van der Waals surface area (Å²) in [4.78, 5) is 9.72. The number of nitro benzene ring substituents is 1. The van der Waals surface area contributed by atoms with Crippen molar-refractivity contribution in [2.75, 3.05) is 6.79 Å². The van der Waals surface area contributed by atoms with E-state index in [1.807, 2.05) is 0 Å². The molecule has 0 spiro atoms. The number of hydrogen-bond donors (Lipinski definition) is 1. The van der Waals surface area contributed by atoms with Crippen LogP contribution in [0.5, 0.6) is 5.75 Å². The van der Waals surface area contributed by atoms with Crippen LogP contribution in [0, 0.1) is 10.1 Å². The van der Waals surface area contributed by atoms with E-state index in [4.69, 9.17) is 5.11 Å². The smallest absolute Gasteiger partial charge is 0.273 e. The Morgan fingerprint density at radius 3 is 2.92 bits per heavy atom. The average Bonchev–Trinajstić information content (AvgIpc) is 2.05. The second-order valence-electron chi connectivity index (χ2n) is 2.03. The summed E-state index contributed by atoms with van der Waals surface area (Å²) in [6.45, 7) is -0.485. The van der Waals surface area contributed by atoms with E-state index in [9.17, 15) is 10.1 Å². The van der Waals surface area contributed by atoms with Gasteiger partial charge in [0.15, 0.2) is 6.79 Å². The minimum atomic E-state index is -0.524. The Balaban J connectivity index is 2.88. The number of rotatable bonds is 3. The number of nitrogens with zero attached hydrogens (tertiary/aromatic N) is 1. The molecule has 12 heavy (non-hydrogen) atoms. The van der Waals surface area contributed by atoms with Crippen molar-refractivity contribution in [1.29, 1.82) is 0 Å². The van der Waals surface area contributed by atoms with Gasteiger partial charge in [-0.2, -0.15) is 0 Å². The van der Waals surface area contributed by atoms with Crippen molar-refractivity contribution in [2.24, 2.45) is 0 Å². The van der Waals surface area contributed by atoms with Gasteiger partial charge in [-0.3, -0.25) is 10.1 Å². The first-order chi connectivity index (χ1) is 5.74. The van der Waals surface area contributed by atoms with Crippen LogP contribution in [-0.4, -0.2) is 16.8 Å². The lowest BCUT2D eigenvalue weighted by atomic mass is 10.3. The number of hydrogen-bond acceptors (Lipinski definition) is 4.